The van der Waals surface area contributed by atoms with Crippen LogP contribution in [0.25, 0.3) is 0 Å². The molecule has 7 heteroatoms. The summed E-state index contributed by atoms with van der Waals surface area (Å²) in [6.45, 7) is 8.23. The summed E-state index contributed by atoms with van der Waals surface area (Å²) >= 11 is 0. The van der Waals surface area contributed by atoms with E-state index in [4.69, 9.17) is 10.00 Å². The molecule has 158 valence electrons. The minimum atomic E-state index is -0.0318. The minimum Gasteiger partial charge on any atom is -0.379 e. The molecular weight excluding hydrogens is 366 g/mol. The highest BCUT2D eigenvalue weighted by Gasteiger charge is 2.15. The van der Waals surface area contributed by atoms with Crippen molar-refractivity contribution in [1.82, 2.24) is 9.80 Å². The van der Waals surface area contributed by atoms with Crippen LogP contribution in [0, 0.1) is 11.3 Å². The number of hydrogen-bond acceptors (Lipinski definition) is 6. The first kappa shape index (κ1) is 21.6. The van der Waals surface area contributed by atoms with Crippen LogP contribution in [-0.2, 0) is 9.53 Å². The number of morpholine rings is 1. The van der Waals surface area contributed by atoms with Crippen LogP contribution in [0.2, 0.25) is 0 Å². The molecule has 1 aromatic carbocycles. The number of amides is 1. The van der Waals surface area contributed by atoms with Gasteiger partial charge in [0.2, 0.25) is 5.91 Å². The van der Waals surface area contributed by atoms with Crippen molar-refractivity contribution in [3.05, 3.63) is 24.3 Å². The lowest BCUT2D eigenvalue weighted by atomic mass is 10.1. The van der Waals surface area contributed by atoms with Gasteiger partial charge in [-0.25, -0.2) is 0 Å². The fourth-order valence-electron chi connectivity index (χ4n) is 3.90. The van der Waals surface area contributed by atoms with Gasteiger partial charge in [0, 0.05) is 63.6 Å². The Morgan fingerprint density at radius 3 is 2.48 bits per heavy atom. The quantitative estimate of drug-likeness (QED) is 0.686. The van der Waals surface area contributed by atoms with E-state index in [-0.39, 0.29) is 5.91 Å². The van der Waals surface area contributed by atoms with E-state index >= 15 is 0 Å². The number of rotatable bonds is 9. The lowest BCUT2D eigenvalue weighted by Crippen LogP contribution is -2.43. The van der Waals surface area contributed by atoms with Crippen molar-refractivity contribution in [1.29, 1.82) is 5.26 Å². The number of anilines is 2. The zero-order chi connectivity index (χ0) is 20.3. The molecule has 1 aromatic rings. The fraction of sp³-hybridized carbons (Fsp3) is 0.636. The maximum Gasteiger partial charge on any atom is 0.238 e. The van der Waals surface area contributed by atoms with Crippen LogP contribution in [0.15, 0.2) is 24.3 Å². The van der Waals surface area contributed by atoms with E-state index in [1.807, 2.05) is 12.1 Å². The van der Waals surface area contributed by atoms with Crippen LogP contribution in [-0.4, -0.2) is 81.3 Å². The summed E-state index contributed by atoms with van der Waals surface area (Å²) in [5.41, 5.74) is 2.05. The number of ether oxygens (including phenoxy) is 1. The van der Waals surface area contributed by atoms with Crippen molar-refractivity contribution in [2.24, 2.45) is 0 Å². The van der Waals surface area contributed by atoms with Gasteiger partial charge in [0.05, 0.1) is 25.8 Å². The van der Waals surface area contributed by atoms with E-state index in [0.717, 1.165) is 58.2 Å². The molecule has 0 atom stereocenters. The second-order valence-electron chi connectivity index (χ2n) is 7.78. The molecule has 2 aliphatic rings. The Kier molecular flexibility index (Phi) is 8.75. The molecule has 2 heterocycles. The summed E-state index contributed by atoms with van der Waals surface area (Å²) in [7, 11) is 0. The molecule has 0 unspecified atom stereocenters. The van der Waals surface area contributed by atoms with Crippen molar-refractivity contribution >= 4 is 17.3 Å². The zero-order valence-electron chi connectivity index (χ0n) is 17.3. The van der Waals surface area contributed by atoms with Crippen molar-refractivity contribution in [2.45, 2.75) is 25.7 Å². The molecule has 0 aromatic heterocycles. The molecule has 3 rings (SSSR count). The third-order valence-electron chi connectivity index (χ3n) is 5.62. The lowest BCUT2D eigenvalue weighted by molar-refractivity contribution is -0.117. The summed E-state index contributed by atoms with van der Waals surface area (Å²) in [5.74, 6) is -0.0318. The zero-order valence-corrected chi connectivity index (χ0v) is 17.3. The average molecular weight is 400 g/mol. The maximum absolute atomic E-state index is 12.5. The largest absolute Gasteiger partial charge is 0.379 e. The predicted molar refractivity (Wildman–Crippen MR) is 115 cm³/mol. The number of nitrogens with one attached hydrogen (secondary N) is 1. The van der Waals surface area contributed by atoms with Crippen molar-refractivity contribution in [3.63, 3.8) is 0 Å². The topological polar surface area (TPSA) is 71.8 Å². The van der Waals surface area contributed by atoms with Gasteiger partial charge in [-0.2, -0.15) is 5.26 Å². The highest BCUT2D eigenvalue weighted by molar-refractivity contribution is 5.92. The molecule has 0 radical (unpaired) electrons. The molecule has 0 spiro atoms. The van der Waals surface area contributed by atoms with Gasteiger partial charge in [0.1, 0.15) is 0 Å². The van der Waals surface area contributed by atoms with Crippen LogP contribution in [0.5, 0.6) is 0 Å². The fourth-order valence-corrected chi connectivity index (χ4v) is 3.90. The van der Waals surface area contributed by atoms with Crippen LogP contribution in [0.3, 0.4) is 0 Å². The molecule has 0 bridgehead atoms. The minimum absolute atomic E-state index is 0.0318. The van der Waals surface area contributed by atoms with Gasteiger partial charge < -0.3 is 15.0 Å². The highest BCUT2D eigenvalue weighted by Crippen LogP contribution is 2.21. The van der Waals surface area contributed by atoms with Crippen LogP contribution < -0.4 is 10.2 Å². The molecule has 1 N–H and O–H groups in total. The van der Waals surface area contributed by atoms with Crippen LogP contribution in [0.1, 0.15) is 25.7 Å². The van der Waals surface area contributed by atoms with Crippen LogP contribution in [0.4, 0.5) is 11.4 Å². The van der Waals surface area contributed by atoms with Crippen molar-refractivity contribution < 1.29 is 9.53 Å². The van der Waals surface area contributed by atoms with Gasteiger partial charge in [0.15, 0.2) is 0 Å². The number of hydrogen-bond donors (Lipinski definition) is 1. The number of nitrogens with zero attached hydrogens (tertiary/aromatic N) is 4. The van der Waals surface area contributed by atoms with Gasteiger partial charge in [-0.3, -0.25) is 14.6 Å². The van der Waals surface area contributed by atoms with Gasteiger partial charge in [-0.05, 0) is 43.5 Å². The van der Waals surface area contributed by atoms with Crippen molar-refractivity contribution in [2.75, 3.05) is 75.8 Å². The summed E-state index contributed by atoms with van der Waals surface area (Å²) in [6, 6.07) is 10.3. The first-order chi connectivity index (χ1) is 14.2. The van der Waals surface area contributed by atoms with E-state index in [9.17, 15) is 4.79 Å². The Morgan fingerprint density at radius 1 is 1.07 bits per heavy atom. The van der Waals surface area contributed by atoms with Crippen molar-refractivity contribution in [3.8, 4) is 6.07 Å². The number of carbonyl (C=O) groups excluding carboxylic acids is 1. The Hall–Kier alpha value is -2.14. The molecule has 0 saturated carbocycles. The third kappa shape index (κ3) is 7.32. The number of piperidine rings is 1. The standard InChI is InChI=1S/C22H33N5O2/c23-9-4-10-26(14-13-25-15-17-29-18-16-25)19-22(28)24-20-5-7-21(8-6-20)27-11-2-1-3-12-27/h5-8H,1-4,10-19H2,(H,24,28). The second kappa shape index (κ2) is 11.8. The van der Waals surface area contributed by atoms with E-state index < -0.39 is 0 Å². The molecule has 29 heavy (non-hydrogen) atoms. The normalized spacial score (nSPS) is 17.9. The summed E-state index contributed by atoms with van der Waals surface area (Å²) in [4.78, 5) is 19.4. The summed E-state index contributed by atoms with van der Waals surface area (Å²) in [5, 5.41) is 11.9. The number of carbonyl (C=O) groups is 1. The molecule has 2 fully saturated rings. The SMILES string of the molecule is N#CCCN(CCN1CCOCC1)CC(=O)Nc1ccc(N2CCCCC2)cc1. The van der Waals surface area contributed by atoms with Gasteiger partial charge in [-0.1, -0.05) is 0 Å². The molecule has 0 aliphatic carbocycles. The molecule has 2 aliphatic heterocycles. The second-order valence-corrected chi connectivity index (χ2v) is 7.78. The Labute approximate surface area is 174 Å². The smallest absolute Gasteiger partial charge is 0.238 e. The average Bonchev–Trinajstić information content (AvgIpc) is 2.77. The Balaban J connectivity index is 1.47. The summed E-state index contributed by atoms with van der Waals surface area (Å²) in [6.07, 6.45) is 4.25. The Bertz CT molecular complexity index is 661. The van der Waals surface area contributed by atoms with E-state index in [0.29, 0.717) is 19.5 Å². The van der Waals surface area contributed by atoms with Crippen LogP contribution >= 0.6 is 0 Å². The van der Waals surface area contributed by atoms with Gasteiger partial charge >= 0.3 is 0 Å². The maximum atomic E-state index is 12.5. The van der Waals surface area contributed by atoms with Gasteiger partial charge in [0.25, 0.3) is 0 Å². The molecule has 1 amide bonds. The van der Waals surface area contributed by atoms with Gasteiger partial charge in [-0.15, -0.1) is 0 Å². The van der Waals surface area contributed by atoms with E-state index in [1.54, 1.807) is 0 Å². The summed E-state index contributed by atoms with van der Waals surface area (Å²) < 4.78 is 5.38. The molecular formula is C22H33N5O2. The van der Waals surface area contributed by atoms with E-state index in [2.05, 4.69) is 38.2 Å². The monoisotopic (exact) mass is 399 g/mol. The third-order valence-corrected chi connectivity index (χ3v) is 5.62. The lowest BCUT2D eigenvalue weighted by Gasteiger charge is -2.29. The number of nitriles is 1. The highest BCUT2D eigenvalue weighted by atomic mass is 16.5. The first-order valence-corrected chi connectivity index (χ1v) is 10.8. The first-order valence-electron chi connectivity index (χ1n) is 10.8. The Morgan fingerprint density at radius 2 is 1.79 bits per heavy atom. The van der Waals surface area contributed by atoms with E-state index in [1.165, 1.54) is 24.9 Å². The molecule has 2 saturated heterocycles. The predicted octanol–water partition coefficient (Wildman–Crippen LogP) is 2.16. The number of benzene rings is 1. The molecule has 7 nitrogen and oxygen atoms in total.